The molecule has 0 saturated heterocycles. The van der Waals surface area contributed by atoms with Crippen LogP contribution in [0.5, 0.6) is 0 Å². The van der Waals surface area contributed by atoms with E-state index in [1.807, 2.05) is 19.1 Å². The molecule has 84 valence electrons. The van der Waals surface area contributed by atoms with Gasteiger partial charge in [-0.2, -0.15) is 0 Å². The fraction of sp³-hybridized carbons (Fsp3) is 0.167. The molecule has 0 bridgehead atoms. The van der Waals surface area contributed by atoms with Crippen LogP contribution in [0, 0.1) is 12.7 Å². The van der Waals surface area contributed by atoms with E-state index in [9.17, 15) is 4.39 Å². The van der Waals surface area contributed by atoms with Crippen LogP contribution in [0.15, 0.2) is 30.3 Å². The van der Waals surface area contributed by atoms with Gasteiger partial charge in [0.1, 0.15) is 5.82 Å². The highest BCUT2D eigenvalue weighted by molar-refractivity contribution is 7.12. The number of nitrogens with two attached hydrogens (primary N) is 1. The van der Waals surface area contributed by atoms with Crippen LogP contribution >= 0.6 is 22.9 Å². The number of aryl methyl sites for hydroxylation is 1. The monoisotopic (exact) mass is 255 g/mol. The summed E-state index contributed by atoms with van der Waals surface area (Å²) in [6.07, 6.45) is 0. The third-order valence-electron chi connectivity index (χ3n) is 2.38. The van der Waals surface area contributed by atoms with Gasteiger partial charge in [-0.1, -0.05) is 17.7 Å². The zero-order valence-electron chi connectivity index (χ0n) is 8.71. The number of thiophene rings is 1. The first-order chi connectivity index (χ1) is 7.59. The number of halogens is 2. The normalized spacial score (nSPS) is 12.8. The van der Waals surface area contributed by atoms with Gasteiger partial charge in [-0.25, -0.2) is 4.39 Å². The predicted molar refractivity (Wildman–Crippen MR) is 66.5 cm³/mol. The van der Waals surface area contributed by atoms with E-state index < -0.39 is 6.04 Å². The molecule has 0 aliphatic carbocycles. The first-order valence-electron chi connectivity index (χ1n) is 4.85. The van der Waals surface area contributed by atoms with Gasteiger partial charge in [0.25, 0.3) is 0 Å². The van der Waals surface area contributed by atoms with Crippen LogP contribution in [0.25, 0.3) is 0 Å². The third kappa shape index (κ3) is 2.12. The van der Waals surface area contributed by atoms with Crippen molar-refractivity contribution in [1.82, 2.24) is 0 Å². The van der Waals surface area contributed by atoms with E-state index in [0.29, 0.717) is 10.6 Å². The Kier molecular flexibility index (Phi) is 3.28. The lowest BCUT2D eigenvalue weighted by Crippen LogP contribution is -2.12. The van der Waals surface area contributed by atoms with Crippen molar-refractivity contribution in [3.8, 4) is 0 Å². The maximum absolute atomic E-state index is 13.6. The second-order valence-corrected chi connectivity index (χ2v) is 5.29. The Morgan fingerprint density at radius 1 is 1.31 bits per heavy atom. The quantitative estimate of drug-likeness (QED) is 0.866. The van der Waals surface area contributed by atoms with E-state index in [-0.39, 0.29) is 5.82 Å². The molecule has 2 rings (SSSR count). The summed E-state index contributed by atoms with van der Waals surface area (Å²) < 4.78 is 13.6. The molecular formula is C12H11ClFNS. The Hall–Kier alpha value is -0.900. The number of hydrogen-bond acceptors (Lipinski definition) is 2. The first-order valence-corrected chi connectivity index (χ1v) is 6.05. The molecule has 2 N–H and O–H groups in total. The van der Waals surface area contributed by atoms with Crippen molar-refractivity contribution in [3.63, 3.8) is 0 Å². The Morgan fingerprint density at radius 2 is 2.06 bits per heavy atom. The number of benzene rings is 1. The predicted octanol–water partition coefficient (Wildman–Crippen LogP) is 3.90. The SMILES string of the molecule is Cc1ccc(C(N)c2c(F)cccc2Cl)s1. The highest BCUT2D eigenvalue weighted by Gasteiger charge is 2.18. The molecule has 0 saturated carbocycles. The molecule has 1 unspecified atom stereocenters. The largest absolute Gasteiger partial charge is 0.319 e. The maximum atomic E-state index is 13.6. The lowest BCUT2D eigenvalue weighted by Gasteiger charge is -2.12. The smallest absolute Gasteiger partial charge is 0.129 e. The molecule has 2 aromatic rings. The third-order valence-corrected chi connectivity index (χ3v) is 3.79. The summed E-state index contributed by atoms with van der Waals surface area (Å²) in [6, 6.07) is 7.99. The van der Waals surface area contributed by atoms with Crippen molar-refractivity contribution in [3.05, 3.63) is 56.5 Å². The highest BCUT2D eigenvalue weighted by atomic mass is 35.5. The van der Waals surface area contributed by atoms with Crippen LogP contribution in [-0.2, 0) is 0 Å². The minimum absolute atomic E-state index is 0.356. The molecule has 0 spiro atoms. The molecular weight excluding hydrogens is 245 g/mol. The van der Waals surface area contributed by atoms with Crippen molar-refractivity contribution in [2.75, 3.05) is 0 Å². The molecule has 0 amide bonds. The lowest BCUT2D eigenvalue weighted by molar-refractivity contribution is 0.601. The molecule has 0 radical (unpaired) electrons. The van der Waals surface area contributed by atoms with E-state index in [1.54, 1.807) is 23.5 Å². The van der Waals surface area contributed by atoms with Gasteiger partial charge in [0.15, 0.2) is 0 Å². The standard InChI is InChI=1S/C12H11ClFNS/c1-7-5-6-10(16-7)12(15)11-8(13)3-2-4-9(11)14/h2-6,12H,15H2,1H3. The fourth-order valence-corrected chi connectivity index (χ4v) is 2.74. The Labute approximate surface area is 103 Å². The second-order valence-electron chi connectivity index (χ2n) is 3.56. The van der Waals surface area contributed by atoms with E-state index >= 15 is 0 Å². The van der Waals surface area contributed by atoms with Crippen LogP contribution in [0.2, 0.25) is 5.02 Å². The molecule has 1 atom stereocenters. The molecule has 1 aromatic carbocycles. The molecule has 1 aromatic heterocycles. The van der Waals surface area contributed by atoms with Crippen molar-refractivity contribution < 1.29 is 4.39 Å². The van der Waals surface area contributed by atoms with E-state index in [2.05, 4.69) is 0 Å². The van der Waals surface area contributed by atoms with Crippen LogP contribution in [0.4, 0.5) is 4.39 Å². The van der Waals surface area contributed by atoms with Crippen LogP contribution in [0.3, 0.4) is 0 Å². The van der Waals surface area contributed by atoms with Gasteiger partial charge >= 0.3 is 0 Å². The number of hydrogen-bond donors (Lipinski definition) is 1. The Bertz CT molecular complexity index is 489. The highest BCUT2D eigenvalue weighted by Crippen LogP contribution is 2.32. The van der Waals surface area contributed by atoms with Crippen LogP contribution in [-0.4, -0.2) is 0 Å². The van der Waals surface area contributed by atoms with Crippen LogP contribution < -0.4 is 5.73 Å². The van der Waals surface area contributed by atoms with Crippen LogP contribution in [0.1, 0.15) is 21.4 Å². The summed E-state index contributed by atoms with van der Waals surface area (Å²) in [7, 11) is 0. The summed E-state index contributed by atoms with van der Waals surface area (Å²) in [5.41, 5.74) is 6.38. The lowest BCUT2D eigenvalue weighted by atomic mass is 10.1. The Balaban J connectivity index is 2.45. The average molecular weight is 256 g/mol. The van der Waals surface area contributed by atoms with Gasteiger partial charge in [-0.05, 0) is 31.2 Å². The second kappa shape index (κ2) is 4.53. The van der Waals surface area contributed by atoms with Gasteiger partial charge in [0, 0.05) is 20.3 Å². The molecule has 16 heavy (non-hydrogen) atoms. The van der Waals surface area contributed by atoms with E-state index in [1.165, 1.54) is 6.07 Å². The summed E-state index contributed by atoms with van der Waals surface area (Å²) in [5, 5.41) is 0.374. The van der Waals surface area contributed by atoms with Gasteiger partial charge in [-0.3, -0.25) is 0 Å². The fourth-order valence-electron chi connectivity index (χ4n) is 1.57. The summed E-state index contributed by atoms with van der Waals surface area (Å²) >= 11 is 7.52. The van der Waals surface area contributed by atoms with Gasteiger partial charge in [0.2, 0.25) is 0 Å². The van der Waals surface area contributed by atoms with Crippen molar-refractivity contribution in [1.29, 1.82) is 0 Å². The zero-order valence-corrected chi connectivity index (χ0v) is 10.3. The maximum Gasteiger partial charge on any atom is 0.129 e. The average Bonchev–Trinajstić information content (AvgIpc) is 2.64. The number of rotatable bonds is 2. The molecule has 0 aliphatic heterocycles. The molecule has 0 aliphatic rings. The first kappa shape index (κ1) is 11.6. The van der Waals surface area contributed by atoms with Crippen molar-refractivity contribution >= 4 is 22.9 Å². The van der Waals surface area contributed by atoms with Gasteiger partial charge in [0.05, 0.1) is 6.04 Å². The minimum atomic E-state index is -0.493. The minimum Gasteiger partial charge on any atom is -0.319 e. The molecule has 1 nitrogen and oxygen atoms in total. The molecule has 1 heterocycles. The van der Waals surface area contributed by atoms with Gasteiger partial charge < -0.3 is 5.73 Å². The van der Waals surface area contributed by atoms with Crippen molar-refractivity contribution in [2.45, 2.75) is 13.0 Å². The summed E-state index contributed by atoms with van der Waals surface area (Å²) in [4.78, 5) is 2.07. The summed E-state index contributed by atoms with van der Waals surface area (Å²) in [5.74, 6) is -0.356. The van der Waals surface area contributed by atoms with E-state index in [4.69, 9.17) is 17.3 Å². The Morgan fingerprint density at radius 3 is 2.62 bits per heavy atom. The van der Waals surface area contributed by atoms with Crippen molar-refractivity contribution in [2.24, 2.45) is 5.73 Å². The van der Waals surface area contributed by atoms with Gasteiger partial charge in [-0.15, -0.1) is 11.3 Å². The van der Waals surface area contributed by atoms with E-state index in [0.717, 1.165) is 9.75 Å². The summed E-state index contributed by atoms with van der Waals surface area (Å²) in [6.45, 7) is 1.99. The zero-order chi connectivity index (χ0) is 11.7. The topological polar surface area (TPSA) is 26.0 Å². The molecule has 4 heteroatoms. The molecule has 0 fully saturated rings.